The number of rotatable bonds is 19. The zero-order chi connectivity index (χ0) is 36.0. The third-order valence-corrected chi connectivity index (χ3v) is 8.22. The van der Waals surface area contributed by atoms with Gasteiger partial charge in [0.25, 0.3) is 0 Å². The summed E-state index contributed by atoms with van der Waals surface area (Å²) in [7, 11) is 0. The first kappa shape index (κ1) is 39.8. The number of nitrogens with one attached hydrogen (secondary N) is 4. The van der Waals surface area contributed by atoms with E-state index in [1.807, 2.05) is 0 Å². The normalized spacial score (nSPS) is 19.8. The van der Waals surface area contributed by atoms with Gasteiger partial charge in [0.1, 0.15) is 36.3 Å². The molecule has 0 bridgehead atoms. The number of amides is 7. The number of hydrogen-bond donors (Lipinski definition) is 9. The van der Waals surface area contributed by atoms with Crippen LogP contribution < -0.4 is 32.7 Å². The summed E-state index contributed by atoms with van der Waals surface area (Å²) >= 11 is 0. The van der Waals surface area contributed by atoms with Crippen molar-refractivity contribution in [3.8, 4) is 0 Å². The number of aliphatic hydroxyl groups excluding tert-OH is 2. The number of hydrogen-bond acceptors (Lipinski definition) is 11. The molecule has 2 fully saturated rings. The fourth-order valence-corrected chi connectivity index (χ4v) is 5.74. The molecule has 0 radical (unpaired) electrons. The molecule has 7 amide bonds. The van der Waals surface area contributed by atoms with Gasteiger partial charge in [0.05, 0.1) is 13.2 Å². The SMILES string of the molecule is CC(=O)N[C@@H](CCCCN)C(=O)N1CCC[C@H]1C(=O)N[C@@H](CO)C(=O)N[C@@H](CO)C(=O)N1CCC[C@H]1C(=O)N[C@@H](CCC(=O)O)C(N)=O. The first-order valence-corrected chi connectivity index (χ1v) is 16.0. The predicted octanol–water partition coefficient (Wildman–Crippen LogP) is -4.61. The largest absolute Gasteiger partial charge is 0.481 e. The van der Waals surface area contributed by atoms with Crippen LogP contribution in [0.15, 0.2) is 0 Å². The van der Waals surface area contributed by atoms with Crippen molar-refractivity contribution in [3.05, 3.63) is 0 Å². The molecule has 19 nitrogen and oxygen atoms in total. The van der Waals surface area contributed by atoms with Gasteiger partial charge in [0, 0.05) is 26.4 Å². The Kier molecular flexibility index (Phi) is 16.1. The molecule has 0 saturated carbocycles. The smallest absolute Gasteiger partial charge is 0.303 e. The van der Waals surface area contributed by atoms with Crippen LogP contribution in [0.3, 0.4) is 0 Å². The monoisotopic (exact) mass is 684 g/mol. The number of aliphatic carboxylic acids is 1. The summed E-state index contributed by atoms with van der Waals surface area (Å²) < 4.78 is 0. The van der Waals surface area contributed by atoms with E-state index in [-0.39, 0.29) is 32.4 Å². The molecule has 2 saturated heterocycles. The highest BCUT2D eigenvalue weighted by molar-refractivity contribution is 5.97. The van der Waals surface area contributed by atoms with E-state index in [0.29, 0.717) is 38.6 Å². The number of carbonyl (C=O) groups excluding carboxylic acids is 7. The van der Waals surface area contributed by atoms with Crippen molar-refractivity contribution in [2.45, 2.75) is 101 Å². The van der Waals surface area contributed by atoms with Gasteiger partial charge in [-0.3, -0.25) is 38.4 Å². The molecule has 0 aliphatic carbocycles. The lowest BCUT2D eigenvalue weighted by Gasteiger charge is -2.30. The van der Waals surface area contributed by atoms with E-state index in [1.54, 1.807) is 0 Å². The van der Waals surface area contributed by atoms with Crippen molar-refractivity contribution in [2.24, 2.45) is 11.5 Å². The Morgan fingerprint density at radius 2 is 1.25 bits per heavy atom. The molecule has 2 aliphatic rings. The second-order valence-electron chi connectivity index (χ2n) is 11.8. The van der Waals surface area contributed by atoms with E-state index in [9.17, 15) is 48.6 Å². The minimum absolute atomic E-state index is 0.0665. The Bertz CT molecular complexity index is 1200. The molecular weight excluding hydrogens is 636 g/mol. The van der Waals surface area contributed by atoms with Crippen molar-refractivity contribution in [1.29, 1.82) is 0 Å². The maximum atomic E-state index is 13.3. The number of carboxylic acids is 1. The molecule has 2 aliphatic heterocycles. The van der Waals surface area contributed by atoms with Crippen LogP contribution in [-0.4, -0.2) is 142 Å². The van der Waals surface area contributed by atoms with Crippen LogP contribution in [0.1, 0.15) is 64.7 Å². The molecule has 6 atom stereocenters. The summed E-state index contributed by atoms with van der Waals surface area (Å²) in [4.78, 5) is 103. The molecule has 270 valence electrons. The first-order chi connectivity index (χ1) is 22.7. The molecular formula is C29H48N8O11. The average Bonchev–Trinajstić information content (AvgIpc) is 3.73. The Morgan fingerprint density at radius 3 is 1.71 bits per heavy atom. The minimum atomic E-state index is -1.58. The summed E-state index contributed by atoms with van der Waals surface area (Å²) in [6.07, 6.45) is 2.09. The van der Waals surface area contributed by atoms with Crippen LogP contribution in [0.25, 0.3) is 0 Å². The van der Waals surface area contributed by atoms with Gasteiger partial charge < -0.3 is 57.9 Å². The number of likely N-dealkylation sites (tertiary alicyclic amines) is 2. The molecule has 11 N–H and O–H groups in total. The number of nitrogens with zero attached hydrogens (tertiary/aromatic N) is 2. The highest BCUT2D eigenvalue weighted by atomic mass is 16.4. The van der Waals surface area contributed by atoms with E-state index >= 15 is 0 Å². The molecule has 2 heterocycles. The maximum absolute atomic E-state index is 13.3. The number of carboxylic acid groups (broad SMARTS) is 1. The first-order valence-electron chi connectivity index (χ1n) is 16.0. The second kappa shape index (κ2) is 19.5. The van der Waals surface area contributed by atoms with Gasteiger partial charge in [-0.15, -0.1) is 0 Å². The number of primary amides is 1. The Balaban J connectivity index is 2.07. The maximum Gasteiger partial charge on any atom is 0.303 e. The topological polar surface area (TPSA) is 304 Å². The summed E-state index contributed by atoms with van der Waals surface area (Å²) in [5, 5.41) is 38.4. The lowest BCUT2D eigenvalue weighted by Crippen LogP contribution is -2.60. The van der Waals surface area contributed by atoms with E-state index in [0.717, 1.165) is 4.90 Å². The van der Waals surface area contributed by atoms with Gasteiger partial charge in [0.2, 0.25) is 41.4 Å². The van der Waals surface area contributed by atoms with Crippen molar-refractivity contribution in [1.82, 2.24) is 31.1 Å². The fraction of sp³-hybridized carbons (Fsp3) is 0.724. The summed E-state index contributed by atoms with van der Waals surface area (Å²) in [5.74, 6) is -6.43. The van der Waals surface area contributed by atoms with E-state index < -0.39 is 103 Å². The molecule has 0 aromatic carbocycles. The molecule has 2 rings (SSSR count). The van der Waals surface area contributed by atoms with Crippen molar-refractivity contribution in [2.75, 3.05) is 32.8 Å². The zero-order valence-corrected chi connectivity index (χ0v) is 27.0. The molecule has 0 aromatic rings. The van der Waals surface area contributed by atoms with E-state index in [2.05, 4.69) is 21.3 Å². The number of aliphatic hydroxyl groups is 2. The highest BCUT2D eigenvalue weighted by Crippen LogP contribution is 2.21. The predicted molar refractivity (Wildman–Crippen MR) is 166 cm³/mol. The summed E-state index contributed by atoms with van der Waals surface area (Å²) in [6.45, 7) is 0.184. The third kappa shape index (κ3) is 11.4. The number of unbranched alkanes of at least 4 members (excludes halogenated alkanes) is 1. The quantitative estimate of drug-likeness (QED) is 0.0581. The second-order valence-corrected chi connectivity index (χ2v) is 11.8. The Labute approximate surface area is 277 Å². The standard InChI is InChI=1S/C29H48N8O11/c1-16(40)32-18(6-2-3-11-30)28(47)36-12-4-8-22(36)27(46)34-19(14-38)25(44)35-20(15-39)29(48)37-13-5-7-21(37)26(45)33-17(24(31)43)9-10-23(41)42/h17-22,38-39H,2-15,30H2,1H3,(H2,31,43)(H,32,40)(H,33,45)(H,34,46)(H,35,44)(H,41,42)/t17-,18-,19-,20-,21-,22-/m0/s1. The molecule has 0 aromatic heterocycles. The van der Waals surface area contributed by atoms with E-state index in [1.165, 1.54) is 11.8 Å². The van der Waals surface area contributed by atoms with Crippen LogP contribution in [0.5, 0.6) is 0 Å². The van der Waals surface area contributed by atoms with Crippen molar-refractivity contribution >= 4 is 47.3 Å². The molecule has 0 spiro atoms. The number of carbonyl (C=O) groups is 8. The Hall–Kier alpha value is -4.36. The third-order valence-electron chi connectivity index (χ3n) is 8.22. The van der Waals surface area contributed by atoms with Gasteiger partial charge in [-0.2, -0.15) is 0 Å². The molecule has 48 heavy (non-hydrogen) atoms. The lowest BCUT2D eigenvalue weighted by molar-refractivity contribution is -0.144. The highest BCUT2D eigenvalue weighted by Gasteiger charge is 2.41. The van der Waals surface area contributed by atoms with Crippen LogP contribution in [-0.2, 0) is 38.4 Å². The zero-order valence-electron chi connectivity index (χ0n) is 27.0. The van der Waals surface area contributed by atoms with Gasteiger partial charge in [0.15, 0.2) is 0 Å². The Morgan fingerprint density at radius 1 is 0.729 bits per heavy atom. The number of nitrogens with two attached hydrogens (primary N) is 2. The van der Waals surface area contributed by atoms with Crippen LogP contribution in [0, 0.1) is 0 Å². The lowest BCUT2D eigenvalue weighted by atomic mass is 10.1. The van der Waals surface area contributed by atoms with E-state index in [4.69, 9.17) is 16.6 Å². The molecule has 0 unspecified atom stereocenters. The summed E-state index contributed by atoms with van der Waals surface area (Å²) in [6, 6.07) is -7.43. The van der Waals surface area contributed by atoms with Gasteiger partial charge >= 0.3 is 5.97 Å². The van der Waals surface area contributed by atoms with Crippen LogP contribution >= 0.6 is 0 Å². The van der Waals surface area contributed by atoms with Gasteiger partial charge in [-0.05, 0) is 57.9 Å². The minimum Gasteiger partial charge on any atom is -0.481 e. The van der Waals surface area contributed by atoms with Gasteiger partial charge in [-0.1, -0.05) is 0 Å². The molecule has 19 heteroatoms. The van der Waals surface area contributed by atoms with Gasteiger partial charge in [-0.25, -0.2) is 0 Å². The van der Waals surface area contributed by atoms with Crippen LogP contribution in [0.4, 0.5) is 0 Å². The average molecular weight is 685 g/mol. The fourth-order valence-electron chi connectivity index (χ4n) is 5.74. The summed E-state index contributed by atoms with van der Waals surface area (Å²) in [5.41, 5.74) is 10.8. The van der Waals surface area contributed by atoms with Crippen molar-refractivity contribution < 1.29 is 53.7 Å². The van der Waals surface area contributed by atoms with Crippen molar-refractivity contribution in [3.63, 3.8) is 0 Å². The van der Waals surface area contributed by atoms with Crippen LogP contribution in [0.2, 0.25) is 0 Å².